The number of carboxylic acids is 2. The molecule has 70 valence electrons. The molecule has 2 unspecified atom stereocenters. The molecule has 0 spiro atoms. The van der Waals surface area contributed by atoms with Crippen LogP contribution in [0.4, 0.5) is 0 Å². The van der Waals surface area contributed by atoms with E-state index in [-0.39, 0.29) is 0 Å². The van der Waals surface area contributed by atoms with Gasteiger partial charge < -0.3 is 10.2 Å². The van der Waals surface area contributed by atoms with Gasteiger partial charge in [-0.05, 0) is 0 Å². The SMILES string of the molecule is O=C(O)C1SC(C(=O)O)C(=O)C1=O. The summed E-state index contributed by atoms with van der Waals surface area (Å²) in [6, 6.07) is 0. The van der Waals surface area contributed by atoms with Gasteiger partial charge >= 0.3 is 11.9 Å². The second-order valence-corrected chi connectivity index (χ2v) is 3.52. The maximum Gasteiger partial charge on any atom is 0.324 e. The summed E-state index contributed by atoms with van der Waals surface area (Å²) in [6.45, 7) is 0. The Morgan fingerprint density at radius 3 is 1.46 bits per heavy atom. The Morgan fingerprint density at radius 2 is 1.31 bits per heavy atom. The van der Waals surface area contributed by atoms with Crippen molar-refractivity contribution in [1.82, 2.24) is 0 Å². The average Bonchev–Trinajstić information content (AvgIpc) is 2.29. The van der Waals surface area contributed by atoms with Crippen LogP contribution in [0.2, 0.25) is 0 Å². The van der Waals surface area contributed by atoms with Gasteiger partial charge in [-0.15, -0.1) is 11.8 Å². The smallest absolute Gasteiger partial charge is 0.324 e. The Hall–Kier alpha value is -1.37. The Labute approximate surface area is 75.9 Å². The first-order valence-electron chi connectivity index (χ1n) is 3.14. The first kappa shape index (κ1) is 9.72. The normalized spacial score (nSPS) is 27.7. The number of carbonyl (C=O) groups excluding carboxylic acids is 2. The van der Waals surface area contributed by atoms with Crippen molar-refractivity contribution in [2.24, 2.45) is 0 Å². The minimum Gasteiger partial charge on any atom is -0.480 e. The van der Waals surface area contributed by atoms with Crippen molar-refractivity contribution < 1.29 is 29.4 Å². The first-order valence-corrected chi connectivity index (χ1v) is 4.08. The largest absolute Gasteiger partial charge is 0.480 e. The van der Waals surface area contributed by atoms with Crippen molar-refractivity contribution in [2.75, 3.05) is 0 Å². The number of rotatable bonds is 2. The predicted octanol–water partition coefficient (Wildman–Crippen LogP) is -1.22. The second-order valence-electron chi connectivity index (χ2n) is 2.30. The summed E-state index contributed by atoms with van der Waals surface area (Å²) in [4.78, 5) is 42.4. The molecule has 0 bridgehead atoms. The molecular weight excluding hydrogens is 200 g/mol. The summed E-state index contributed by atoms with van der Waals surface area (Å²) < 4.78 is 0. The molecule has 1 heterocycles. The number of Topliss-reactive ketones (excluding diaryl/α,β-unsaturated/α-hetero) is 2. The van der Waals surface area contributed by atoms with Gasteiger partial charge in [0.1, 0.15) is 0 Å². The zero-order chi connectivity index (χ0) is 10.2. The molecule has 6 nitrogen and oxygen atoms in total. The van der Waals surface area contributed by atoms with E-state index < -0.39 is 34.0 Å². The maximum atomic E-state index is 10.8. The summed E-state index contributed by atoms with van der Waals surface area (Å²) in [5.41, 5.74) is 0. The summed E-state index contributed by atoms with van der Waals surface area (Å²) in [5, 5.41) is 13.7. The number of hydrogen-bond donors (Lipinski definition) is 2. The fourth-order valence-corrected chi connectivity index (χ4v) is 1.84. The number of aliphatic carboxylic acids is 2. The third kappa shape index (κ3) is 1.55. The van der Waals surface area contributed by atoms with Gasteiger partial charge in [0, 0.05) is 0 Å². The highest BCUT2D eigenvalue weighted by atomic mass is 32.2. The van der Waals surface area contributed by atoms with E-state index in [4.69, 9.17) is 10.2 Å². The highest BCUT2D eigenvalue weighted by Gasteiger charge is 2.49. The van der Waals surface area contributed by atoms with Gasteiger partial charge in [-0.25, -0.2) is 0 Å². The van der Waals surface area contributed by atoms with Gasteiger partial charge in [-0.3, -0.25) is 19.2 Å². The van der Waals surface area contributed by atoms with E-state index in [0.29, 0.717) is 11.8 Å². The summed E-state index contributed by atoms with van der Waals surface area (Å²) >= 11 is 0.345. The fraction of sp³-hybridized carbons (Fsp3) is 0.333. The number of ketones is 2. The molecule has 0 aliphatic carbocycles. The number of carboxylic acid groups (broad SMARTS) is 2. The van der Waals surface area contributed by atoms with Crippen LogP contribution in [0, 0.1) is 0 Å². The number of thioether (sulfide) groups is 1. The van der Waals surface area contributed by atoms with Crippen molar-refractivity contribution >= 4 is 35.3 Å². The highest BCUT2D eigenvalue weighted by Crippen LogP contribution is 2.28. The molecule has 13 heavy (non-hydrogen) atoms. The summed E-state index contributed by atoms with van der Waals surface area (Å²) in [5.74, 6) is -5.26. The Balaban J connectivity index is 2.91. The lowest BCUT2D eigenvalue weighted by atomic mass is 10.1. The van der Waals surface area contributed by atoms with Crippen LogP contribution in [0.3, 0.4) is 0 Å². The van der Waals surface area contributed by atoms with Crippen LogP contribution < -0.4 is 0 Å². The van der Waals surface area contributed by atoms with E-state index in [1.165, 1.54) is 0 Å². The molecule has 1 aliphatic heterocycles. The van der Waals surface area contributed by atoms with Crippen LogP contribution in [0.5, 0.6) is 0 Å². The Bertz CT molecular complexity index is 278. The summed E-state index contributed by atoms with van der Waals surface area (Å²) in [7, 11) is 0. The Kier molecular flexibility index (Phi) is 2.37. The van der Waals surface area contributed by atoms with Crippen LogP contribution >= 0.6 is 11.8 Å². The predicted molar refractivity (Wildman–Crippen MR) is 40.5 cm³/mol. The fourth-order valence-electron chi connectivity index (χ4n) is 0.859. The lowest BCUT2D eigenvalue weighted by molar-refractivity contribution is -0.146. The van der Waals surface area contributed by atoms with Crippen LogP contribution in [-0.2, 0) is 19.2 Å². The molecule has 2 atom stereocenters. The molecule has 0 aromatic heterocycles. The molecule has 0 aromatic carbocycles. The van der Waals surface area contributed by atoms with Gasteiger partial charge in [-0.2, -0.15) is 0 Å². The third-order valence-electron chi connectivity index (χ3n) is 1.44. The molecule has 1 aliphatic rings. The Morgan fingerprint density at radius 1 is 1.00 bits per heavy atom. The molecular formula is C6H4O6S. The number of hydrogen-bond acceptors (Lipinski definition) is 5. The van der Waals surface area contributed by atoms with E-state index >= 15 is 0 Å². The van der Waals surface area contributed by atoms with E-state index in [1.54, 1.807) is 0 Å². The molecule has 2 N–H and O–H groups in total. The van der Waals surface area contributed by atoms with Gasteiger partial charge in [0.25, 0.3) is 0 Å². The monoisotopic (exact) mass is 204 g/mol. The van der Waals surface area contributed by atoms with Crippen LogP contribution in [0.15, 0.2) is 0 Å². The zero-order valence-electron chi connectivity index (χ0n) is 6.09. The van der Waals surface area contributed by atoms with E-state index in [1.807, 2.05) is 0 Å². The molecule has 0 radical (unpaired) electrons. The maximum absolute atomic E-state index is 10.8. The van der Waals surface area contributed by atoms with Crippen molar-refractivity contribution in [3.63, 3.8) is 0 Å². The molecule has 0 amide bonds. The quantitative estimate of drug-likeness (QED) is 0.428. The van der Waals surface area contributed by atoms with Gasteiger partial charge in [0.2, 0.25) is 11.6 Å². The van der Waals surface area contributed by atoms with Gasteiger partial charge in [0.05, 0.1) is 0 Å². The molecule has 0 saturated carbocycles. The number of carbonyl (C=O) groups is 4. The second kappa shape index (κ2) is 3.17. The molecule has 1 rings (SSSR count). The van der Waals surface area contributed by atoms with Crippen molar-refractivity contribution in [1.29, 1.82) is 0 Å². The summed E-state index contributed by atoms with van der Waals surface area (Å²) in [6.07, 6.45) is 0. The van der Waals surface area contributed by atoms with Crippen molar-refractivity contribution in [3.8, 4) is 0 Å². The van der Waals surface area contributed by atoms with Crippen LogP contribution in [0.25, 0.3) is 0 Å². The lowest BCUT2D eigenvalue weighted by Gasteiger charge is -1.98. The van der Waals surface area contributed by atoms with Crippen LogP contribution in [0.1, 0.15) is 0 Å². The van der Waals surface area contributed by atoms with Crippen molar-refractivity contribution in [2.45, 2.75) is 10.5 Å². The van der Waals surface area contributed by atoms with E-state index in [2.05, 4.69) is 0 Å². The van der Waals surface area contributed by atoms with Gasteiger partial charge in [0.15, 0.2) is 10.5 Å². The first-order chi connectivity index (χ1) is 5.95. The minimum absolute atomic E-state index is 0.345. The van der Waals surface area contributed by atoms with Gasteiger partial charge in [-0.1, -0.05) is 0 Å². The standard InChI is InChI=1S/C6H4O6S/c7-1-2(8)4(6(11)12)13-3(1)5(9)10/h3-4H,(H,9,10)(H,11,12). The molecule has 1 fully saturated rings. The molecule has 1 saturated heterocycles. The third-order valence-corrected chi connectivity index (χ3v) is 2.82. The van der Waals surface area contributed by atoms with E-state index in [0.717, 1.165) is 0 Å². The zero-order valence-corrected chi connectivity index (χ0v) is 6.91. The topological polar surface area (TPSA) is 109 Å². The van der Waals surface area contributed by atoms with Crippen molar-refractivity contribution in [3.05, 3.63) is 0 Å². The highest BCUT2D eigenvalue weighted by molar-refractivity contribution is 8.04. The van der Waals surface area contributed by atoms with Crippen LogP contribution in [-0.4, -0.2) is 44.2 Å². The molecule has 0 aromatic rings. The average molecular weight is 204 g/mol. The molecule has 7 heteroatoms. The minimum atomic E-state index is -1.56. The lowest BCUT2D eigenvalue weighted by Crippen LogP contribution is -2.28. The van der Waals surface area contributed by atoms with E-state index in [9.17, 15) is 19.2 Å².